The molecule has 0 atom stereocenters. The van der Waals surface area contributed by atoms with Gasteiger partial charge < -0.3 is 9.64 Å². The van der Waals surface area contributed by atoms with Gasteiger partial charge >= 0.3 is 6.09 Å². The maximum Gasteiger partial charge on any atom is 0.410 e. The molecule has 1 heterocycles. The Bertz CT molecular complexity index is 814. The number of carbonyl (C=O) groups is 1. The van der Waals surface area contributed by atoms with Crippen molar-refractivity contribution in [2.45, 2.75) is 39.3 Å². The van der Waals surface area contributed by atoms with Gasteiger partial charge in [-0.15, -0.1) is 0 Å². The van der Waals surface area contributed by atoms with E-state index in [2.05, 4.69) is 0 Å². The molecule has 0 spiro atoms. The molecule has 3 nitrogen and oxygen atoms in total. The lowest BCUT2D eigenvalue weighted by Crippen LogP contribution is -2.40. The van der Waals surface area contributed by atoms with Crippen molar-refractivity contribution < 1.29 is 13.9 Å². The van der Waals surface area contributed by atoms with E-state index >= 15 is 0 Å². The van der Waals surface area contributed by atoms with E-state index in [1.807, 2.05) is 39.0 Å². The Kier molecular flexibility index (Phi) is 4.74. The fourth-order valence-corrected chi connectivity index (χ4v) is 3.28. The van der Waals surface area contributed by atoms with Crippen molar-refractivity contribution in [2.24, 2.45) is 0 Å². The van der Waals surface area contributed by atoms with Gasteiger partial charge in [0.25, 0.3) is 0 Å². The molecular formula is C20H21ClFNO2. The largest absolute Gasteiger partial charge is 0.444 e. The van der Waals surface area contributed by atoms with Gasteiger partial charge in [0.05, 0.1) is 0 Å². The minimum Gasteiger partial charge on any atom is -0.444 e. The lowest BCUT2D eigenvalue weighted by molar-refractivity contribution is 0.0223. The summed E-state index contributed by atoms with van der Waals surface area (Å²) in [5, 5.41) is 0.602. The van der Waals surface area contributed by atoms with Crippen LogP contribution in [0.25, 0.3) is 11.1 Å². The highest BCUT2D eigenvalue weighted by atomic mass is 35.5. The fraction of sp³-hybridized carbons (Fsp3) is 0.350. The predicted molar refractivity (Wildman–Crippen MR) is 97.2 cm³/mol. The Balaban J connectivity index is 1.99. The smallest absolute Gasteiger partial charge is 0.410 e. The average Bonchev–Trinajstić information content (AvgIpc) is 2.54. The number of rotatable bonds is 1. The van der Waals surface area contributed by atoms with E-state index in [1.165, 1.54) is 6.07 Å². The molecule has 2 aromatic rings. The topological polar surface area (TPSA) is 29.5 Å². The van der Waals surface area contributed by atoms with Crippen LogP contribution < -0.4 is 0 Å². The first-order valence-corrected chi connectivity index (χ1v) is 8.67. The summed E-state index contributed by atoms with van der Waals surface area (Å²) in [5.74, 6) is -0.241. The van der Waals surface area contributed by atoms with Gasteiger partial charge in [-0.25, -0.2) is 9.18 Å². The van der Waals surface area contributed by atoms with Gasteiger partial charge in [0.15, 0.2) is 0 Å². The number of halogens is 2. The third-order valence-electron chi connectivity index (χ3n) is 4.17. The molecular weight excluding hydrogens is 341 g/mol. The molecule has 0 radical (unpaired) electrons. The summed E-state index contributed by atoms with van der Waals surface area (Å²) in [6, 6.07) is 10.7. The van der Waals surface area contributed by atoms with E-state index in [-0.39, 0.29) is 11.9 Å². The molecule has 0 bridgehead atoms. The Morgan fingerprint density at radius 1 is 1.12 bits per heavy atom. The van der Waals surface area contributed by atoms with Crippen molar-refractivity contribution >= 4 is 17.7 Å². The van der Waals surface area contributed by atoms with Gasteiger partial charge in [0.2, 0.25) is 0 Å². The minimum atomic E-state index is -0.565. The Morgan fingerprint density at radius 3 is 2.52 bits per heavy atom. The lowest BCUT2D eigenvalue weighted by Gasteiger charge is -2.32. The quantitative estimate of drug-likeness (QED) is 0.676. The monoisotopic (exact) mass is 361 g/mol. The number of hydrogen-bond acceptors (Lipinski definition) is 2. The first-order chi connectivity index (χ1) is 11.8. The van der Waals surface area contributed by atoms with E-state index in [1.54, 1.807) is 17.0 Å². The zero-order chi connectivity index (χ0) is 18.2. The number of nitrogens with zero attached hydrogens (tertiary/aromatic N) is 1. The van der Waals surface area contributed by atoms with Crippen LogP contribution in [0.5, 0.6) is 0 Å². The van der Waals surface area contributed by atoms with Crippen LogP contribution in [0.15, 0.2) is 36.4 Å². The Morgan fingerprint density at radius 2 is 1.84 bits per heavy atom. The normalized spacial score (nSPS) is 14.2. The maximum absolute atomic E-state index is 14.3. The van der Waals surface area contributed by atoms with E-state index in [0.717, 1.165) is 16.7 Å². The van der Waals surface area contributed by atoms with Gasteiger partial charge in [-0.1, -0.05) is 35.9 Å². The van der Waals surface area contributed by atoms with Gasteiger partial charge in [0.1, 0.15) is 11.4 Å². The molecule has 5 heteroatoms. The second-order valence-corrected chi connectivity index (χ2v) is 7.59. The zero-order valence-electron chi connectivity index (χ0n) is 14.6. The molecule has 1 aliphatic rings. The highest BCUT2D eigenvalue weighted by molar-refractivity contribution is 6.33. The van der Waals surface area contributed by atoms with Crippen molar-refractivity contribution in [1.29, 1.82) is 0 Å². The highest BCUT2D eigenvalue weighted by Gasteiger charge is 2.29. The molecule has 25 heavy (non-hydrogen) atoms. The first kappa shape index (κ1) is 17.7. The van der Waals surface area contributed by atoms with Crippen LogP contribution in [-0.4, -0.2) is 23.1 Å². The van der Waals surface area contributed by atoms with Crippen LogP contribution in [0.1, 0.15) is 31.9 Å². The highest BCUT2D eigenvalue weighted by Crippen LogP contribution is 2.35. The Labute approximate surface area is 152 Å². The summed E-state index contributed by atoms with van der Waals surface area (Å²) < 4.78 is 19.8. The number of carbonyl (C=O) groups excluding carboxylic acids is 1. The van der Waals surface area contributed by atoms with Crippen molar-refractivity contribution in [3.05, 3.63) is 58.4 Å². The van der Waals surface area contributed by atoms with Gasteiger partial charge in [-0.3, -0.25) is 0 Å². The summed E-state index contributed by atoms with van der Waals surface area (Å²) in [5.41, 5.74) is 2.58. The standard InChI is InChI=1S/C20H21ClFNO2/c1-20(2,3)25-19(24)23-11-10-15-16(12-23)13(8-9-18(15)22)14-6-4-5-7-17(14)21/h4-9H,10-12H2,1-3H3. The average molecular weight is 362 g/mol. The van der Waals surface area contributed by atoms with Crippen LogP contribution in [-0.2, 0) is 17.7 Å². The van der Waals surface area contributed by atoms with Crippen molar-refractivity contribution in [3.63, 3.8) is 0 Å². The molecule has 0 saturated heterocycles. The summed E-state index contributed by atoms with van der Waals surface area (Å²) in [4.78, 5) is 14.0. The number of benzene rings is 2. The molecule has 132 valence electrons. The summed E-state index contributed by atoms with van der Waals surface area (Å²) in [6.07, 6.45) is 0.0751. The Hall–Kier alpha value is -2.07. The number of amides is 1. The predicted octanol–water partition coefficient (Wildman–Crippen LogP) is 5.44. The van der Waals surface area contributed by atoms with E-state index in [4.69, 9.17) is 16.3 Å². The third-order valence-corrected chi connectivity index (χ3v) is 4.50. The van der Waals surface area contributed by atoms with Crippen molar-refractivity contribution in [2.75, 3.05) is 6.54 Å². The van der Waals surface area contributed by atoms with Crippen LogP contribution >= 0.6 is 11.6 Å². The van der Waals surface area contributed by atoms with E-state index < -0.39 is 5.60 Å². The van der Waals surface area contributed by atoms with Gasteiger partial charge in [-0.2, -0.15) is 0 Å². The van der Waals surface area contributed by atoms with E-state index in [9.17, 15) is 9.18 Å². The van der Waals surface area contributed by atoms with E-state index in [0.29, 0.717) is 30.1 Å². The second kappa shape index (κ2) is 6.68. The second-order valence-electron chi connectivity index (χ2n) is 7.18. The molecule has 1 amide bonds. The molecule has 2 aromatic carbocycles. The number of fused-ring (bicyclic) bond motifs is 1. The van der Waals surface area contributed by atoms with Gasteiger partial charge in [-0.05, 0) is 56.0 Å². The number of hydrogen-bond donors (Lipinski definition) is 0. The maximum atomic E-state index is 14.3. The molecule has 0 fully saturated rings. The van der Waals surface area contributed by atoms with Crippen LogP contribution in [0.4, 0.5) is 9.18 Å². The molecule has 1 aliphatic heterocycles. The van der Waals surface area contributed by atoms with Crippen molar-refractivity contribution in [1.82, 2.24) is 4.90 Å². The zero-order valence-corrected chi connectivity index (χ0v) is 15.4. The third kappa shape index (κ3) is 3.79. The molecule has 3 rings (SSSR count). The molecule has 0 aromatic heterocycles. The fourth-order valence-electron chi connectivity index (χ4n) is 3.05. The lowest BCUT2D eigenvalue weighted by atomic mass is 9.91. The molecule has 0 N–H and O–H groups in total. The SMILES string of the molecule is CC(C)(C)OC(=O)N1CCc2c(F)ccc(-c3ccccc3Cl)c2C1. The summed E-state index contributed by atoms with van der Waals surface area (Å²) >= 11 is 6.33. The van der Waals surface area contributed by atoms with Gasteiger partial charge in [0, 0.05) is 23.7 Å². The van der Waals surface area contributed by atoms with Crippen LogP contribution in [0, 0.1) is 5.82 Å². The van der Waals surface area contributed by atoms with Crippen LogP contribution in [0.2, 0.25) is 5.02 Å². The summed E-state index contributed by atoms with van der Waals surface area (Å²) in [6.45, 7) is 6.24. The molecule has 0 unspecified atom stereocenters. The first-order valence-electron chi connectivity index (χ1n) is 8.29. The molecule has 0 saturated carbocycles. The minimum absolute atomic E-state index is 0.241. The number of ether oxygens (including phenoxy) is 1. The summed E-state index contributed by atoms with van der Waals surface area (Å²) in [7, 11) is 0. The van der Waals surface area contributed by atoms with Crippen molar-refractivity contribution in [3.8, 4) is 11.1 Å². The van der Waals surface area contributed by atoms with Crippen LogP contribution in [0.3, 0.4) is 0 Å². The molecule has 0 aliphatic carbocycles.